The van der Waals surface area contributed by atoms with Gasteiger partial charge in [0.1, 0.15) is 0 Å². The zero-order valence-electron chi connectivity index (χ0n) is 10.6. The summed E-state index contributed by atoms with van der Waals surface area (Å²) >= 11 is 0. The summed E-state index contributed by atoms with van der Waals surface area (Å²) in [6.07, 6.45) is 4.94. The Balaban J connectivity index is 2.13. The van der Waals surface area contributed by atoms with Crippen LogP contribution >= 0.6 is 0 Å². The van der Waals surface area contributed by atoms with Gasteiger partial charge in [-0.25, -0.2) is 4.79 Å². The van der Waals surface area contributed by atoms with Crippen LogP contribution < -0.4 is 10.6 Å². The number of carbonyl (C=O) groups excluding carboxylic acids is 1. The molecule has 0 bridgehead atoms. The molecule has 0 aromatic heterocycles. The van der Waals surface area contributed by atoms with E-state index < -0.39 is 0 Å². The standard InChI is InChI=1S/C12H25N3O/c1-3-7-13-12(16)14-11(2)10-15-8-5-4-6-9-15/h11H,3-10H2,1-2H3,(H2,13,14,16). The van der Waals surface area contributed by atoms with Crippen molar-refractivity contribution in [3.8, 4) is 0 Å². The molecule has 1 fully saturated rings. The molecule has 0 saturated carbocycles. The Morgan fingerprint density at radius 2 is 2.00 bits per heavy atom. The van der Waals surface area contributed by atoms with Gasteiger partial charge in [-0.05, 0) is 39.3 Å². The Hall–Kier alpha value is -0.770. The molecule has 0 radical (unpaired) electrons. The van der Waals surface area contributed by atoms with Crippen LogP contribution in [-0.4, -0.2) is 43.2 Å². The van der Waals surface area contributed by atoms with Gasteiger partial charge in [-0.2, -0.15) is 0 Å². The molecule has 94 valence electrons. The molecule has 1 rings (SSSR count). The highest BCUT2D eigenvalue weighted by atomic mass is 16.2. The number of piperidine rings is 1. The third-order valence-corrected chi connectivity index (χ3v) is 2.89. The quantitative estimate of drug-likeness (QED) is 0.749. The second kappa shape index (κ2) is 7.49. The Morgan fingerprint density at radius 1 is 1.31 bits per heavy atom. The zero-order valence-corrected chi connectivity index (χ0v) is 10.6. The highest BCUT2D eigenvalue weighted by molar-refractivity contribution is 5.74. The first-order chi connectivity index (χ1) is 7.72. The van der Waals surface area contributed by atoms with E-state index in [9.17, 15) is 4.79 Å². The molecular formula is C12H25N3O. The largest absolute Gasteiger partial charge is 0.338 e. The summed E-state index contributed by atoms with van der Waals surface area (Å²) in [5.74, 6) is 0. The van der Waals surface area contributed by atoms with Crippen LogP contribution in [0, 0.1) is 0 Å². The maximum atomic E-state index is 11.4. The maximum Gasteiger partial charge on any atom is 0.315 e. The van der Waals surface area contributed by atoms with E-state index in [0.29, 0.717) is 0 Å². The third-order valence-electron chi connectivity index (χ3n) is 2.89. The van der Waals surface area contributed by atoms with Gasteiger partial charge in [-0.3, -0.25) is 0 Å². The van der Waals surface area contributed by atoms with Gasteiger partial charge in [0.05, 0.1) is 0 Å². The summed E-state index contributed by atoms with van der Waals surface area (Å²) < 4.78 is 0. The second-order valence-corrected chi connectivity index (χ2v) is 4.66. The lowest BCUT2D eigenvalue weighted by molar-refractivity contribution is 0.203. The molecule has 1 saturated heterocycles. The lowest BCUT2D eigenvalue weighted by Crippen LogP contribution is -2.47. The fraction of sp³-hybridized carbons (Fsp3) is 0.917. The molecule has 0 aromatic rings. The summed E-state index contributed by atoms with van der Waals surface area (Å²) in [7, 11) is 0. The van der Waals surface area contributed by atoms with Crippen LogP contribution in [0.3, 0.4) is 0 Å². The third kappa shape index (κ3) is 5.35. The van der Waals surface area contributed by atoms with Crippen LogP contribution in [0.2, 0.25) is 0 Å². The molecule has 4 heteroatoms. The van der Waals surface area contributed by atoms with Gasteiger partial charge in [-0.1, -0.05) is 13.3 Å². The Kier molecular flexibility index (Phi) is 6.23. The van der Waals surface area contributed by atoms with Crippen LogP contribution in [0.4, 0.5) is 4.79 Å². The van der Waals surface area contributed by atoms with E-state index in [-0.39, 0.29) is 12.1 Å². The van der Waals surface area contributed by atoms with Crippen LogP contribution in [0.15, 0.2) is 0 Å². The van der Waals surface area contributed by atoms with E-state index in [1.807, 2.05) is 0 Å². The smallest absolute Gasteiger partial charge is 0.315 e. The average Bonchev–Trinajstić information content (AvgIpc) is 2.27. The fourth-order valence-corrected chi connectivity index (χ4v) is 2.09. The Morgan fingerprint density at radius 3 is 2.62 bits per heavy atom. The summed E-state index contributed by atoms with van der Waals surface area (Å²) in [5.41, 5.74) is 0. The van der Waals surface area contributed by atoms with E-state index >= 15 is 0 Å². The highest BCUT2D eigenvalue weighted by Gasteiger charge is 2.14. The first-order valence-electron chi connectivity index (χ1n) is 6.49. The number of hydrogen-bond acceptors (Lipinski definition) is 2. The molecule has 4 nitrogen and oxygen atoms in total. The minimum Gasteiger partial charge on any atom is -0.338 e. The minimum absolute atomic E-state index is 0.0358. The summed E-state index contributed by atoms with van der Waals surface area (Å²) in [5, 5.41) is 5.80. The molecule has 0 aromatic carbocycles. The van der Waals surface area contributed by atoms with Gasteiger partial charge < -0.3 is 15.5 Å². The lowest BCUT2D eigenvalue weighted by Gasteiger charge is -2.29. The van der Waals surface area contributed by atoms with E-state index in [1.54, 1.807) is 0 Å². The second-order valence-electron chi connectivity index (χ2n) is 4.66. The van der Waals surface area contributed by atoms with Gasteiger partial charge in [0.2, 0.25) is 0 Å². The maximum absolute atomic E-state index is 11.4. The summed E-state index contributed by atoms with van der Waals surface area (Å²) in [6.45, 7) is 8.21. The monoisotopic (exact) mass is 227 g/mol. The average molecular weight is 227 g/mol. The SMILES string of the molecule is CCCNC(=O)NC(C)CN1CCCCC1. The number of rotatable bonds is 5. The molecule has 0 aliphatic carbocycles. The minimum atomic E-state index is -0.0358. The van der Waals surface area contributed by atoms with Gasteiger partial charge in [0.15, 0.2) is 0 Å². The number of amides is 2. The predicted octanol–water partition coefficient (Wildman–Crippen LogP) is 1.57. The van der Waals surface area contributed by atoms with Crippen LogP contribution in [-0.2, 0) is 0 Å². The molecule has 1 heterocycles. The van der Waals surface area contributed by atoms with Gasteiger partial charge >= 0.3 is 6.03 Å². The fourth-order valence-electron chi connectivity index (χ4n) is 2.09. The van der Waals surface area contributed by atoms with Crippen LogP contribution in [0.1, 0.15) is 39.5 Å². The Bertz CT molecular complexity index is 202. The van der Waals surface area contributed by atoms with E-state index in [2.05, 4.69) is 29.4 Å². The van der Waals surface area contributed by atoms with E-state index in [4.69, 9.17) is 0 Å². The first-order valence-corrected chi connectivity index (χ1v) is 6.49. The summed E-state index contributed by atoms with van der Waals surface area (Å²) in [6, 6.07) is 0.196. The van der Waals surface area contributed by atoms with Gasteiger partial charge in [0.25, 0.3) is 0 Å². The molecule has 1 unspecified atom stereocenters. The van der Waals surface area contributed by atoms with Crippen molar-refractivity contribution in [2.75, 3.05) is 26.2 Å². The zero-order chi connectivity index (χ0) is 11.8. The van der Waals surface area contributed by atoms with Crippen molar-refractivity contribution >= 4 is 6.03 Å². The van der Waals surface area contributed by atoms with Crippen molar-refractivity contribution in [2.45, 2.75) is 45.6 Å². The molecule has 1 aliphatic heterocycles. The van der Waals surface area contributed by atoms with Crippen molar-refractivity contribution in [3.63, 3.8) is 0 Å². The first kappa shape index (κ1) is 13.3. The van der Waals surface area contributed by atoms with E-state index in [1.165, 1.54) is 32.4 Å². The normalized spacial score (nSPS) is 19.1. The molecular weight excluding hydrogens is 202 g/mol. The van der Waals surface area contributed by atoms with Crippen molar-refractivity contribution in [1.29, 1.82) is 0 Å². The predicted molar refractivity (Wildman–Crippen MR) is 66.6 cm³/mol. The topological polar surface area (TPSA) is 44.4 Å². The molecule has 16 heavy (non-hydrogen) atoms. The molecule has 0 spiro atoms. The van der Waals surface area contributed by atoms with Gasteiger partial charge in [-0.15, -0.1) is 0 Å². The van der Waals surface area contributed by atoms with Crippen molar-refractivity contribution in [2.24, 2.45) is 0 Å². The van der Waals surface area contributed by atoms with Crippen LogP contribution in [0.5, 0.6) is 0 Å². The number of carbonyl (C=O) groups is 1. The molecule has 2 N–H and O–H groups in total. The number of urea groups is 1. The number of nitrogens with zero attached hydrogens (tertiary/aromatic N) is 1. The van der Waals surface area contributed by atoms with E-state index in [0.717, 1.165) is 19.5 Å². The van der Waals surface area contributed by atoms with Crippen molar-refractivity contribution < 1.29 is 4.79 Å². The number of likely N-dealkylation sites (tertiary alicyclic amines) is 1. The molecule has 2 amide bonds. The molecule has 1 atom stereocenters. The van der Waals surface area contributed by atoms with Crippen molar-refractivity contribution in [1.82, 2.24) is 15.5 Å². The Labute approximate surface area is 98.8 Å². The lowest BCUT2D eigenvalue weighted by atomic mass is 10.1. The highest BCUT2D eigenvalue weighted by Crippen LogP contribution is 2.08. The molecule has 1 aliphatic rings. The van der Waals surface area contributed by atoms with Crippen molar-refractivity contribution in [3.05, 3.63) is 0 Å². The van der Waals surface area contributed by atoms with Gasteiger partial charge in [0, 0.05) is 19.1 Å². The summed E-state index contributed by atoms with van der Waals surface area (Å²) in [4.78, 5) is 13.9. The van der Waals surface area contributed by atoms with Crippen LogP contribution in [0.25, 0.3) is 0 Å². The number of hydrogen-bond donors (Lipinski definition) is 2. The number of nitrogens with one attached hydrogen (secondary N) is 2.